The second kappa shape index (κ2) is 9.85. The Hall–Kier alpha value is -3.68. The van der Waals surface area contributed by atoms with Crippen molar-refractivity contribution in [1.82, 2.24) is 10.3 Å². The molecular weight excluding hydrogens is 458 g/mol. The van der Waals surface area contributed by atoms with Crippen molar-refractivity contribution in [3.63, 3.8) is 0 Å². The quantitative estimate of drug-likeness (QED) is 0.243. The van der Waals surface area contributed by atoms with Crippen molar-refractivity contribution in [1.29, 1.82) is 0 Å². The van der Waals surface area contributed by atoms with Gasteiger partial charge < -0.3 is 14.8 Å². The lowest BCUT2D eigenvalue weighted by molar-refractivity contribution is -0.115. The van der Waals surface area contributed by atoms with Gasteiger partial charge in [-0.2, -0.15) is 0 Å². The van der Waals surface area contributed by atoms with Crippen LogP contribution in [-0.2, 0) is 11.2 Å². The second-order valence-corrected chi connectivity index (χ2v) is 8.08. The fourth-order valence-corrected chi connectivity index (χ4v) is 3.50. The van der Waals surface area contributed by atoms with E-state index in [4.69, 9.17) is 28.2 Å². The van der Waals surface area contributed by atoms with E-state index in [0.29, 0.717) is 27.7 Å². The van der Waals surface area contributed by atoms with Gasteiger partial charge in [-0.1, -0.05) is 36.7 Å². The highest BCUT2D eigenvalue weighted by atomic mass is 35.5. The number of nitrogens with one attached hydrogen (secondary N) is 2. The Morgan fingerprint density at radius 2 is 1.94 bits per heavy atom. The number of thiocarbonyl (C=S) groups is 1. The fourth-order valence-electron chi connectivity index (χ4n) is 3.16. The molecule has 8 heteroatoms. The number of oxazole rings is 1. The highest BCUT2D eigenvalue weighted by Crippen LogP contribution is 2.33. The lowest BCUT2D eigenvalue weighted by Crippen LogP contribution is -2.32. The zero-order valence-corrected chi connectivity index (χ0v) is 19.2. The van der Waals surface area contributed by atoms with E-state index >= 15 is 0 Å². The Labute approximate surface area is 200 Å². The van der Waals surface area contributed by atoms with E-state index in [-0.39, 0.29) is 16.8 Å². The predicted molar refractivity (Wildman–Crippen MR) is 135 cm³/mol. The van der Waals surface area contributed by atoms with Crippen molar-refractivity contribution >= 4 is 57.7 Å². The second-order valence-electron chi connectivity index (χ2n) is 7.23. The molecule has 6 nitrogen and oxygen atoms in total. The van der Waals surface area contributed by atoms with Crippen molar-refractivity contribution in [3.05, 3.63) is 82.9 Å². The SMILES string of the molecule is CCc1ccc2oc(-c3ccc(NC(=S)NC(=O)/C=C/c4ccc(Cl)cc4)cc3O)nc2c1. The first-order chi connectivity index (χ1) is 15.9. The number of benzene rings is 3. The van der Waals surface area contributed by atoms with Crippen LogP contribution in [0.2, 0.25) is 5.02 Å². The number of halogens is 1. The maximum Gasteiger partial charge on any atom is 0.250 e. The number of hydrogen-bond donors (Lipinski definition) is 3. The van der Waals surface area contributed by atoms with Crippen LogP contribution in [0.4, 0.5) is 5.69 Å². The Morgan fingerprint density at radius 3 is 2.67 bits per heavy atom. The normalized spacial score (nSPS) is 11.1. The Kier molecular flexibility index (Phi) is 6.72. The van der Waals surface area contributed by atoms with Crippen LogP contribution < -0.4 is 10.6 Å². The summed E-state index contributed by atoms with van der Waals surface area (Å²) in [7, 11) is 0. The van der Waals surface area contributed by atoms with Crippen LogP contribution in [0.5, 0.6) is 5.75 Å². The van der Waals surface area contributed by atoms with Crippen LogP contribution in [0.3, 0.4) is 0 Å². The molecule has 1 aromatic heterocycles. The zero-order valence-electron chi connectivity index (χ0n) is 17.6. The summed E-state index contributed by atoms with van der Waals surface area (Å²) in [5.74, 6) is -0.0919. The molecule has 0 saturated carbocycles. The molecular formula is C25H20ClN3O3S. The number of rotatable bonds is 5. The largest absolute Gasteiger partial charge is 0.507 e. The summed E-state index contributed by atoms with van der Waals surface area (Å²) in [5, 5.41) is 16.7. The van der Waals surface area contributed by atoms with Gasteiger partial charge in [0.15, 0.2) is 10.7 Å². The number of hydrogen-bond acceptors (Lipinski definition) is 5. The predicted octanol–water partition coefficient (Wildman–Crippen LogP) is 5.94. The molecule has 0 bridgehead atoms. The first-order valence-corrected chi connectivity index (χ1v) is 11.0. The van der Waals surface area contributed by atoms with Crippen molar-refractivity contribution in [3.8, 4) is 17.2 Å². The van der Waals surface area contributed by atoms with Gasteiger partial charge in [-0.25, -0.2) is 4.98 Å². The Morgan fingerprint density at radius 1 is 1.15 bits per heavy atom. The van der Waals surface area contributed by atoms with Gasteiger partial charge in [0.2, 0.25) is 11.8 Å². The maximum absolute atomic E-state index is 12.1. The minimum atomic E-state index is -0.388. The molecule has 4 rings (SSSR count). The van der Waals surface area contributed by atoms with E-state index in [2.05, 4.69) is 22.5 Å². The average molecular weight is 478 g/mol. The van der Waals surface area contributed by atoms with E-state index in [0.717, 1.165) is 23.1 Å². The van der Waals surface area contributed by atoms with Crippen LogP contribution >= 0.6 is 23.8 Å². The van der Waals surface area contributed by atoms with Crippen molar-refractivity contribution in [2.75, 3.05) is 5.32 Å². The molecule has 1 amide bonds. The molecule has 0 aliphatic rings. The molecule has 0 saturated heterocycles. The number of anilines is 1. The van der Waals surface area contributed by atoms with Crippen LogP contribution in [0, 0.1) is 0 Å². The number of fused-ring (bicyclic) bond motifs is 1. The highest BCUT2D eigenvalue weighted by Gasteiger charge is 2.14. The Bertz CT molecular complexity index is 1360. The molecule has 0 unspecified atom stereocenters. The van der Waals surface area contributed by atoms with Gasteiger partial charge in [0.05, 0.1) is 5.56 Å². The third kappa shape index (κ3) is 5.58. The molecule has 1 heterocycles. The molecule has 3 N–H and O–H groups in total. The molecule has 0 spiro atoms. The van der Waals surface area contributed by atoms with Crippen molar-refractivity contribution in [2.45, 2.75) is 13.3 Å². The monoisotopic (exact) mass is 477 g/mol. The van der Waals surface area contributed by atoms with E-state index in [9.17, 15) is 9.90 Å². The number of nitrogens with zero attached hydrogens (tertiary/aromatic N) is 1. The minimum absolute atomic E-state index is 0.0287. The van der Waals surface area contributed by atoms with Crippen LogP contribution in [0.15, 0.2) is 71.2 Å². The summed E-state index contributed by atoms with van der Waals surface area (Å²) >= 11 is 11.0. The van der Waals surface area contributed by atoms with E-state index in [1.807, 2.05) is 18.2 Å². The lowest BCUT2D eigenvalue weighted by atomic mass is 10.1. The van der Waals surface area contributed by atoms with E-state index < -0.39 is 0 Å². The van der Waals surface area contributed by atoms with Crippen molar-refractivity contribution < 1.29 is 14.3 Å². The minimum Gasteiger partial charge on any atom is -0.507 e. The summed E-state index contributed by atoms with van der Waals surface area (Å²) in [6.07, 6.45) is 3.92. The average Bonchev–Trinajstić information content (AvgIpc) is 3.21. The first kappa shape index (κ1) is 22.5. The molecule has 3 aromatic carbocycles. The Balaban J connectivity index is 1.41. The molecule has 166 valence electrons. The molecule has 0 aliphatic heterocycles. The number of aromatic hydroxyl groups is 1. The third-order valence-corrected chi connectivity index (χ3v) is 5.34. The molecule has 0 radical (unpaired) electrons. The molecule has 0 fully saturated rings. The molecule has 33 heavy (non-hydrogen) atoms. The number of aryl methyl sites for hydroxylation is 1. The highest BCUT2D eigenvalue weighted by molar-refractivity contribution is 7.80. The number of phenolic OH excluding ortho intramolecular Hbond substituents is 1. The first-order valence-electron chi connectivity index (χ1n) is 10.2. The van der Waals surface area contributed by atoms with Gasteiger partial charge in [0.1, 0.15) is 11.3 Å². The number of phenols is 1. The lowest BCUT2D eigenvalue weighted by Gasteiger charge is -2.09. The van der Waals surface area contributed by atoms with Gasteiger partial charge >= 0.3 is 0 Å². The van der Waals surface area contributed by atoms with Gasteiger partial charge in [-0.05, 0) is 72.2 Å². The summed E-state index contributed by atoms with van der Waals surface area (Å²) in [6, 6.07) is 17.8. The van der Waals surface area contributed by atoms with E-state index in [1.165, 1.54) is 12.1 Å². The summed E-state index contributed by atoms with van der Waals surface area (Å²) in [5.41, 5.74) is 4.34. The zero-order chi connectivity index (χ0) is 23.4. The van der Waals surface area contributed by atoms with Gasteiger partial charge in [-0.3, -0.25) is 10.1 Å². The van der Waals surface area contributed by atoms with Crippen LogP contribution in [0.1, 0.15) is 18.1 Å². The standard InChI is InChI=1S/C25H20ClN3O3S/c1-2-15-5-11-22-20(13-15)28-24(32-22)19-10-9-18(14-21(19)30)27-25(33)29-23(31)12-6-16-3-7-17(26)8-4-16/h3-14,30H,2H2,1H3,(H2,27,29,31,33)/b12-6+. The summed E-state index contributed by atoms with van der Waals surface area (Å²) in [6.45, 7) is 2.07. The topological polar surface area (TPSA) is 87.4 Å². The van der Waals surface area contributed by atoms with Gasteiger partial charge in [0, 0.05) is 22.9 Å². The van der Waals surface area contributed by atoms with Gasteiger partial charge in [0.25, 0.3) is 0 Å². The molecule has 4 aromatic rings. The fraction of sp³-hybridized carbons (Fsp3) is 0.0800. The van der Waals surface area contributed by atoms with Crippen molar-refractivity contribution in [2.24, 2.45) is 0 Å². The summed E-state index contributed by atoms with van der Waals surface area (Å²) < 4.78 is 5.79. The smallest absolute Gasteiger partial charge is 0.250 e. The number of amides is 1. The summed E-state index contributed by atoms with van der Waals surface area (Å²) in [4.78, 5) is 16.6. The molecule has 0 aliphatic carbocycles. The van der Waals surface area contributed by atoms with Gasteiger partial charge in [-0.15, -0.1) is 0 Å². The van der Waals surface area contributed by atoms with Crippen LogP contribution in [0.25, 0.3) is 28.6 Å². The third-order valence-electron chi connectivity index (χ3n) is 4.88. The maximum atomic E-state index is 12.1. The number of aromatic nitrogens is 1. The van der Waals surface area contributed by atoms with Crippen LogP contribution in [-0.4, -0.2) is 21.1 Å². The number of carbonyl (C=O) groups excluding carboxylic acids is 1. The number of carbonyl (C=O) groups is 1. The van der Waals surface area contributed by atoms with E-state index in [1.54, 1.807) is 42.5 Å². The molecule has 0 atom stereocenters.